The van der Waals surface area contributed by atoms with Crippen molar-refractivity contribution < 1.29 is 14.3 Å². The molecule has 0 bridgehead atoms. The van der Waals surface area contributed by atoms with E-state index in [0.717, 1.165) is 23.3 Å². The monoisotopic (exact) mass is 419 g/mol. The fourth-order valence-corrected chi connectivity index (χ4v) is 3.55. The van der Waals surface area contributed by atoms with Crippen LogP contribution in [0.25, 0.3) is 11.3 Å². The van der Waals surface area contributed by atoms with Crippen LogP contribution in [-0.2, 0) is 27.4 Å². The molecule has 0 N–H and O–H groups in total. The molecule has 160 valence electrons. The molecule has 1 atom stereocenters. The number of nitrogens with zero attached hydrogens (tertiary/aromatic N) is 3. The SMILES string of the molecule is O=C(Cn1nc(-c2ccccc2)ccc1=O)OCC1CN(Cc2ccccc2)CCO1. The van der Waals surface area contributed by atoms with Crippen LogP contribution in [0, 0.1) is 0 Å². The molecular weight excluding hydrogens is 394 g/mol. The molecule has 0 saturated carbocycles. The topological polar surface area (TPSA) is 73.7 Å². The summed E-state index contributed by atoms with van der Waals surface area (Å²) in [5.41, 5.74) is 2.39. The van der Waals surface area contributed by atoms with Crippen LogP contribution in [0.1, 0.15) is 5.56 Å². The quantitative estimate of drug-likeness (QED) is 0.548. The fourth-order valence-electron chi connectivity index (χ4n) is 3.55. The van der Waals surface area contributed by atoms with Gasteiger partial charge in [0.05, 0.1) is 12.3 Å². The van der Waals surface area contributed by atoms with Gasteiger partial charge in [-0.1, -0.05) is 60.7 Å². The Kier molecular flexibility index (Phi) is 6.86. The molecule has 1 aromatic heterocycles. The number of hydrogen-bond acceptors (Lipinski definition) is 6. The molecule has 0 amide bonds. The number of carbonyl (C=O) groups excluding carboxylic acids is 1. The number of esters is 1. The van der Waals surface area contributed by atoms with Gasteiger partial charge < -0.3 is 9.47 Å². The molecule has 1 saturated heterocycles. The van der Waals surface area contributed by atoms with Crippen molar-refractivity contribution in [1.82, 2.24) is 14.7 Å². The van der Waals surface area contributed by atoms with Gasteiger partial charge in [-0.25, -0.2) is 4.68 Å². The van der Waals surface area contributed by atoms with E-state index in [9.17, 15) is 9.59 Å². The molecule has 2 heterocycles. The maximum absolute atomic E-state index is 12.3. The highest BCUT2D eigenvalue weighted by Crippen LogP contribution is 2.14. The minimum atomic E-state index is -0.511. The molecule has 3 aromatic rings. The van der Waals surface area contributed by atoms with Gasteiger partial charge in [-0.3, -0.25) is 14.5 Å². The number of morpholine rings is 1. The first-order chi connectivity index (χ1) is 15.2. The summed E-state index contributed by atoms with van der Waals surface area (Å²) >= 11 is 0. The zero-order chi connectivity index (χ0) is 21.5. The molecule has 1 aliphatic heterocycles. The van der Waals surface area contributed by atoms with Gasteiger partial charge >= 0.3 is 5.97 Å². The zero-order valence-electron chi connectivity index (χ0n) is 17.2. The van der Waals surface area contributed by atoms with Crippen LogP contribution >= 0.6 is 0 Å². The molecular formula is C24H25N3O4. The summed E-state index contributed by atoms with van der Waals surface area (Å²) in [5.74, 6) is -0.511. The first-order valence-electron chi connectivity index (χ1n) is 10.3. The van der Waals surface area contributed by atoms with Crippen LogP contribution in [0.3, 0.4) is 0 Å². The number of rotatable bonds is 7. The van der Waals surface area contributed by atoms with Crippen molar-refractivity contribution in [2.75, 3.05) is 26.3 Å². The molecule has 4 rings (SSSR count). The van der Waals surface area contributed by atoms with Gasteiger partial charge in [0.25, 0.3) is 5.56 Å². The van der Waals surface area contributed by atoms with Crippen molar-refractivity contribution in [3.05, 3.63) is 88.7 Å². The molecule has 1 fully saturated rings. The van der Waals surface area contributed by atoms with Crippen LogP contribution in [0.2, 0.25) is 0 Å². The summed E-state index contributed by atoms with van der Waals surface area (Å²) in [4.78, 5) is 26.7. The Morgan fingerprint density at radius 2 is 1.77 bits per heavy atom. The van der Waals surface area contributed by atoms with Gasteiger partial charge in [-0.05, 0) is 11.6 Å². The number of hydrogen-bond donors (Lipinski definition) is 0. The molecule has 1 unspecified atom stereocenters. The van der Waals surface area contributed by atoms with Crippen LogP contribution in [0.4, 0.5) is 0 Å². The standard InChI is InChI=1S/C24H25N3O4/c28-23-12-11-22(20-9-5-2-6-10-20)25-27(23)17-24(29)31-18-21-16-26(13-14-30-21)15-19-7-3-1-4-8-19/h1-12,21H,13-18H2. The van der Waals surface area contributed by atoms with Crippen molar-refractivity contribution in [1.29, 1.82) is 0 Å². The highest BCUT2D eigenvalue weighted by molar-refractivity contribution is 5.69. The molecule has 2 aromatic carbocycles. The molecule has 0 radical (unpaired) electrons. The van der Waals surface area contributed by atoms with Crippen molar-refractivity contribution in [2.45, 2.75) is 19.2 Å². The Hall–Kier alpha value is -3.29. The first kappa shape index (κ1) is 21.0. The minimum absolute atomic E-state index is 0.150. The average molecular weight is 419 g/mol. The molecule has 0 spiro atoms. The number of benzene rings is 2. The number of carbonyl (C=O) groups is 1. The third kappa shape index (κ3) is 5.87. The van der Waals surface area contributed by atoms with E-state index in [4.69, 9.17) is 9.47 Å². The van der Waals surface area contributed by atoms with E-state index < -0.39 is 5.97 Å². The van der Waals surface area contributed by atoms with Crippen LogP contribution in [-0.4, -0.2) is 53.1 Å². The van der Waals surface area contributed by atoms with E-state index in [-0.39, 0.29) is 24.8 Å². The second kappa shape index (κ2) is 10.1. The number of aromatic nitrogens is 2. The largest absolute Gasteiger partial charge is 0.461 e. The summed E-state index contributed by atoms with van der Waals surface area (Å²) < 4.78 is 12.3. The van der Waals surface area contributed by atoms with Gasteiger partial charge in [0.15, 0.2) is 0 Å². The van der Waals surface area contributed by atoms with Crippen LogP contribution in [0.5, 0.6) is 0 Å². The Labute approximate surface area is 180 Å². The maximum Gasteiger partial charge on any atom is 0.328 e. The van der Waals surface area contributed by atoms with Gasteiger partial charge in [-0.2, -0.15) is 5.10 Å². The molecule has 7 heteroatoms. The zero-order valence-corrected chi connectivity index (χ0v) is 17.2. The first-order valence-corrected chi connectivity index (χ1v) is 10.3. The Morgan fingerprint density at radius 1 is 1.03 bits per heavy atom. The molecule has 0 aliphatic carbocycles. The summed E-state index contributed by atoms with van der Waals surface area (Å²) in [6, 6.07) is 22.8. The lowest BCUT2D eigenvalue weighted by molar-refractivity contribution is -0.151. The van der Waals surface area contributed by atoms with Gasteiger partial charge in [0.1, 0.15) is 19.3 Å². The summed E-state index contributed by atoms with van der Waals surface area (Å²) in [7, 11) is 0. The van der Waals surface area contributed by atoms with E-state index in [0.29, 0.717) is 18.8 Å². The minimum Gasteiger partial charge on any atom is -0.461 e. The second-order valence-electron chi connectivity index (χ2n) is 7.48. The lowest BCUT2D eigenvalue weighted by atomic mass is 10.1. The maximum atomic E-state index is 12.3. The average Bonchev–Trinajstić information content (AvgIpc) is 2.81. The number of ether oxygens (including phenoxy) is 2. The molecule has 31 heavy (non-hydrogen) atoms. The van der Waals surface area contributed by atoms with Gasteiger partial charge in [-0.15, -0.1) is 0 Å². The second-order valence-corrected chi connectivity index (χ2v) is 7.48. The van der Waals surface area contributed by atoms with E-state index in [1.54, 1.807) is 6.07 Å². The van der Waals surface area contributed by atoms with Crippen molar-refractivity contribution in [3.8, 4) is 11.3 Å². The Bertz CT molecular complexity index is 1050. The third-order valence-electron chi connectivity index (χ3n) is 5.12. The van der Waals surface area contributed by atoms with Crippen molar-refractivity contribution in [3.63, 3.8) is 0 Å². The van der Waals surface area contributed by atoms with E-state index in [1.807, 2.05) is 48.5 Å². The highest BCUT2D eigenvalue weighted by Gasteiger charge is 2.22. The summed E-state index contributed by atoms with van der Waals surface area (Å²) in [6.07, 6.45) is -0.193. The van der Waals surface area contributed by atoms with Crippen LogP contribution in [0.15, 0.2) is 77.6 Å². The van der Waals surface area contributed by atoms with Crippen molar-refractivity contribution in [2.24, 2.45) is 0 Å². The lowest BCUT2D eigenvalue weighted by Crippen LogP contribution is -2.44. The third-order valence-corrected chi connectivity index (χ3v) is 5.12. The Morgan fingerprint density at radius 3 is 2.55 bits per heavy atom. The Balaban J connectivity index is 1.30. The van der Waals surface area contributed by atoms with Crippen molar-refractivity contribution >= 4 is 5.97 Å². The lowest BCUT2D eigenvalue weighted by Gasteiger charge is -2.32. The van der Waals surface area contributed by atoms with E-state index in [1.165, 1.54) is 11.6 Å². The smallest absolute Gasteiger partial charge is 0.328 e. The predicted octanol–water partition coefficient (Wildman–Crippen LogP) is 2.35. The van der Waals surface area contributed by atoms with E-state index in [2.05, 4.69) is 22.1 Å². The van der Waals surface area contributed by atoms with Gasteiger partial charge in [0, 0.05) is 31.3 Å². The van der Waals surface area contributed by atoms with E-state index >= 15 is 0 Å². The summed E-state index contributed by atoms with van der Waals surface area (Å²) in [5, 5.41) is 4.30. The predicted molar refractivity (Wildman–Crippen MR) is 116 cm³/mol. The molecule has 1 aliphatic rings. The molecule has 7 nitrogen and oxygen atoms in total. The summed E-state index contributed by atoms with van der Waals surface area (Å²) in [6.45, 7) is 2.86. The van der Waals surface area contributed by atoms with Gasteiger partial charge in [0.2, 0.25) is 0 Å². The normalized spacial score (nSPS) is 16.7. The fraction of sp³-hybridized carbons (Fsp3) is 0.292. The highest BCUT2D eigenvalue weighted by atomic mass is 16.6. The van der Waals surface area contributed by atoms with Crippen LogP contribution < -0.4 is 5.56 Å².